The predicted octanol–water partition coefficient (Wildman–Crippen LogP) is 5.47. The minimum Gasteiger partial charge on any atom is -0.461 e. The van der Waals surface area contributed by atoms with Crippen molar-refractivity contribution in [1.82, 2.24) is 0 Å². The highest BCUT2D eigenvalue weighted by Crippen LogP contribution is 2.26. The average Bonchev–Trinajstić information content (AvgIpc) is 2.92. The lowest BCUT2D eigenvalue weighted by Gasteiger charge is -2.03. The van der Waals surface area contributed by atoms with Gasteiger partial charge in [-0.1, -0.05) is 41.4 Å². The molecule has 3 rings (SSSR count). The van der Waals surface area contributed by atoms with Crippen molar-refractivity contribution in [2.24, 2.45) is 0 Å². The first-order chi connectivity index (χ1) is 11.0. The summed E-state index contributed by atoms with van der Waals surface area (Å²) in [7, 11) is 0. The molecule has 0 unspecified atom stereocenters. The third-order valence-corrected chi connectivity index (χ3v) is 3.85. The van der Waals surface area contributed by atoms with Crippen molar-refractivity contribution in [1.29, 1.82) is 0 Å². The SMILES string of the molecule is Cc1ccc(-c2cc(C(=O)Nc3ccc(Cl)cc3)c(C)o2)cc1. The lowest BCUT2D eigenvalue weighted by molar-refractivity contribution is 0.102. The highest BCUT2D eigenvalue weighted by atomic mass is 35.5. The molecule has 0 aliphatic heterocycles. The molecule has 0 fully saturated rings. The number of aryl methyl sites for hydroxylation is 2. The number of furan rings is 1. The van der Waals surface area contributed by atoms with Gasteiger partial charge in [0.15, 0.2) is 0 Å². The van der Waals surface area contributed by atoms with Crippen LogP contribution in [0.2, 0.25) is 5.02 Å². The van der Waals surface area contributed by atoms with Crippen LogP contribution in [0.25, 0.3) is 11.3 Å². The van der Waals surface area contributed by atoms with Gasteiger partial charge in [-0.05, 0) is 44.2 Å². The Morgan fingerprint density at radius 1 is 1.00 bits per heavy atom. The van der Waals surface area contributed by atoms with Crippen molar-refractivity contribution in [3.8, 4) is 11.3 Å². The van der Waals surface area contributed by atoms with Crippen LogP contribution in [-0.4, -0.2) is 5.91 Å². The number of benzene rings is 2. The molecule has 23 heavy (non-hydrogen) atoms. The van der Waals surface area contributed by atoms with E-state index in [9.17, 15) is 4.79 Å². The van der Waals surface area contributed by atoms with Gasteiger partial charge in [-0.2, -0.15) is 0 Å². The normalized spacial score (nSPS) is 10.6. The summed E-state index contributed by atoms with van der Waals surface area (Å²) in [5.41, 5.74) is 3.34. The predicted molar refractivity (Wildman–Crippen MR) is 93.0 cm³/mol. The van der Waals surface area contributed by atoms with E-state index in [-0.39, 0.29) is 5.91 Å². The van der Waals surface area contributed by atoms with E-state index in [1.807, 2.05) is 31.2 Å². The molecular weight excluding hydrogens is 310 g/mol. The second-order valence-electron chi connectivity index (χ2n) is 5.41. The molecule has 1 aromatic heterocycles. The molecule has 0 saturated heterocycles. The molecule has 1 amide bonds. The Morgan fingerprint density at radius 3 is 2.30 bits per heavy atom. The summed E-state index contributed by atoms with van der Waals surface area (Å²) in [6.45, 7) is 3.82. The van der Waals surface area contributed by atoms with Gasteiger partial charge in [-0.25, -0.2) is 0 Å². The lowest BCUT2D eigenvalue weighted by Crippen LogP contribution is -2.11. The third kappa shape index (κ3) is 3.46. The maximum Gasteiger partial charge on any atom is 0.259 e. The van der Waals surface area contributed by atoms with Gasteiger partial charge in [0.25, 0.3) is 5.91 Å². The minimum absolute atomic E-state index is 0.202. The summed E-state index contributed by atoms with van der Waals surface area (Å²) in [5, 5.41) is 3.47. The van der Waals surface area contributed by atoms with E-state index in [1.165, 1.54) is 5.56 Å². The fourth-order valence-corrected chi connectivity index (χ4v) is 2.43. The number of rotatable bonds is 3. The third-order valence-electron chi connectivity index (χ3n) is 3.60. The number of carbonyl (C=O) groups is 1. The van der Waals surface area contributed by atoms with Gasteiger partial charge in [0, 0.05) is 16.3 Å². The molecule has 1 heterocycles. The zero-order chi connectivity index (χ0) is 16.4. The van der Waals surface area contributed by atoms with E-state index in [2.05, 4.69) is 5.32 Å². The zero-order valence-electron chi connectivity index (χ0n) is 12.9. The summed E-state index contributed by atoms with van der Waals surface area (Å²) in [5.74, 6) is 1.07. The van der Waals surface area contributed by atoms with Gasteiger partial charge in [0.2, 0.25) is 0 Å². The summed E-state index contributed by atoms with van der Waals surface area (Å²) < 4.78 is 5.74. The van der Waals surface area contributed by atoms with E-state index in [1.54, 1.807) is 37.3 Å². The summed E-state index contributed by atoms with van der Waals surface area (Å²) >= 11 is 5.84. The standard InChI is InChI=1S/C19H16ClNO2/c1-12-3-5-14(6-4-12)18-11-17(13(2)23-18)19(22)21-16-9-7-15(20)8-10-16/h3-11H,1-2H3,(H,21,22). The Morgan fingerprint density at radius 2 is 1.65 bits per heavy atom. The first kappa shape index (κ1) is 15.4. The van der Waals surface area contributed by atoms with Gasteiger partial charge in [0.05, 0.1) is 5.56 Å². The molecule has 3 nitrogen and oxygen atoms in total. The number of halogens is 1. The Bertz CT molecular complexity index is 833. The quantitative estimate of drug-likeness (QED) is 0.693. The number of amides is 1. The first-order valence-corrected chi connectivity index (χ1v) is 7.65. The number of nitrogens with one attached hydrogen (secondary N) is 1. The molecular formula is C19H16ClNO2. The molecule has 0 spiro atoms. The Labute approximate surface area is 139 Å². The molecule has 0 saturated carbocycles. The molecule has 1 N–H and O–H groups in total. The number of hydrogen-bond acceptors (Lipinski definition) is 2. The molecule has 116 valence electrons. The minimum atomic E-state index is -0.202. The fraction of sp³-hybridized carbons (Fsp3) is 0.105. The van der Waals surface area contributed by atoms with Crippen LogP contribution in [0.15, 0.2) is 59.0 Å². The van der Waals surface area contributed by atoms with Crippen LogP contribution in [-0.2, 0) is 0 Å². The average molecular weight is 326 g/mol. The fourth-order valence-electron chi connectivity index (χ4n) is 2.30. The van der Waals surface area contributed by atoms with Crippen LogP contribution in [0.4, 0.5) is 5.69 Å². The van der Waals surface area contributed by atoms with Gasteiger partial charge in [0.1, 0.15) is 11.5 Å². The molecule has 2 aromatic carbocycles. The van der Waals surface area contributed by atoms with E-state index in [4.69, 9.17) is 16.0 Å². The van der Waals surface area contributed by atoms with E-state index in [0.29, 0.717) is 27.8 Å². The molecule has 3 aromatic rings. The van der Waals surface area contributed by atoms with Crippen molar-refractivity contribution in [3.63, 3.8) is 0 Å². The maximum absolute atomic E-state index is 12.4. The molecule has 0 aliphatic rings. The summed E-state index contributed by atoms with van der Waals surface area (Å²) in [6, 6.07) is 16.7. The van der Waals surface area contributed by atoms with Crippen LogP contribution in [0.3, 0.4) is 0 Å². The van der Waals surface area contributed by atoms with Gasteiger partial charge < -0.3 is 9.73 Å². The summed E-state index contributed by atoms with van der Waals surface area (Å²) in [4.78, 5) is 12.4. The zero-order valence-corrected chi connectivity index (χ0v) is 13.6. The second-order valence-corrected chi connectivity index (χ2v) is 5.84. The van der Waals surface area contributed by atoms with Crippen molar-refractivity contribution in [2.75, 3.05) is 5.32 Å². The number of hydrogen-bond donors (Lipinski definition) is 1. The van der Waals surface area contributed by atoms with E-state index < -0.39 is 0 Å². The smallest absolute Gasteiger partial charge is 0.259 e. The molecule has 0 bridgehead atoms. The van der Waals surface area contributed by atoms with Crippen LogP contribution >= 0.6 is 11.6 Å². The Balaban J connectivity index is 1.84. The van der Waals surface area contributed by atoms with Crippen LogP contribution in [0, 0.1) is 13.8 Å². The molecule has 0 atom stereocenters. The topological polar surface area (TPSA) is 42.2 Å². The Hall–Kier alpha value is -2.52. The van der Waals surface area contributed by atoms with Crippen LogP contribution < -0.4 is 5.32 Å². The number of carbonyl (C=O) groups excluding carboxylic acids is 1. The lowest BCUT2D eigenvalue weighted by atomic mass is 10.1. The van der Waals surface area contributed by atoms with Crippen LogP contribution in [0.1, 0.15) is 21.7 Å². The van der Waals surface area contributed by atoms with Crippen molar-refractivity contribution < 1.29 is 9.21 Å². The monoisotopic (exact) mass is 325 g/mol. The van der Waals surface area contributed by atoms with Gasteiger partial charge in [-0.15, -0.1) is 0 Å². The van der Waals surface area contributed by atoms with Crippen molar-refractivity contribution in [2.45, 2.75) is 13.8 Å². The molecule has 0 radical (unpaired) electrons. The van der Waals surface area contributed by atoms with Gasteiger partial charge >= 0.3 is 0 Å². The van der Waals surface area contributed by atoms with Crippen molar-refractivity contribution in [3.05, 3.63) is 76.5 Å². The van der Waals surface area contributed by atoms with E-state index in [0.717, 1.165) is 5.56 Å². The van der Waals surface area contributed by atoms with Crippen molar-refractivity contribution >= 4 is 23.2 Å². The molecule has 0 aliphatic carbocycles. The second kappa shape index (κ2) is 6.31. The first-order valence-electron chi connectivity index (χ1n) is 7.27. The highest BCUT2D eigenvalue weighted by Gasteiger charge is 2.16. The van der Waals surface area contributed by atoms with Gasteiger partial charge in [-0.3, -0.25) is 4.79 Å². The summed E-state index contributed by atoms with van der Waals surface area (Å²) in [6.07, 6.45) is 0. The maximum atomic E-state index is 12.4. The molecule has 4 heteroatoms. The largest absolute Gasteiger partial charge is 0.461 e. The Kier molecular flexibility index (Phi) is 4.22. The highest BCUT2D eigenvalue weighted by molar-refractivity contribution is 6.30. The van der Waals surface area contributed by atoms with Crippen LogP contribution in [0.5, 0.6) is 0 Å². The van der Waals surface area contributed by atoms with E-state index >= 15 is 0 Å². The number of anilines is 1.